The van der Waals surface area contributed by atoms with Gasteiger partial charge in [-0.2, -0.15) is 0 Å². The summed E-state index contributed by atoms with van der Waals surface area (Å²) >= 11 is 0. The van der Waals surface area contributed by atoms with Gasteiger partial charge in [-0.05, 0) is 35.4 Å². The number of aliphatic imine (C=N–C) groups is 1. The number of anilines is 1. The average molecular weight is 395 g/mol. The number of likely N-dealkylation sites (N-methyl/N-ethyl adjacent to an activating group) is 1. The summed E-state index contributed by atoms with van der Waals surface area (Å²) in [6.45, 7) is 9.04. The SMILES string of the molecule is CN1\C(=C/C=C/C=C/C=C/C2=Nc3ccccc3C2(C)C)C(C)(C)c2ccccc21. The summed E-state index contributed by atoms with van der Waals surface area (Å²) in [5.41, 5.74) is 7.44. The molecule has 152 valence electrons. The Morgan fingerprint density at radius 1 is 0.733 bits per heavy atom. The Morgan fingerprint density at radius 2 is 1.37 bits per heavy atom. The number of para-hydroxylation sites is 2. The molecule has 2 nitrogen and oxygen atoms in total. The van der Waals surface area contributed by atoms with Crippen molar-refractivity contribution in [3.8, 4) is 0 Å². The Balaban J connectivity index is 1.43. The molecular formula is C28H30N2. The van der Waals surface area contributed by atoms with Crippen LogP contribution in [0.3, 0.4) is 0 Å². The van der Waals surface area contributed by atoms with Gasteiger partial charge in [0.2, 0.25) is 0 Å². The zero-order valence-electron chi connectivity index (χ0n) is 18.6. The van der Waals surface area contributed by atoms with Crippen molar-refractivity contribution in [3.63, 3.8) is 0 Å². The van der Waals surface area contributed by atoms with E-state index in [9.17, 15) is 0 Å². The average Bonchev–Trinajstić information content (AvgIpc) is 3.10. The topological polar surface area (TPSA) is 15.6 Å². The van der Waals surface area contributed by atoms with E-state index < -0.39 is 0 Å². The molecule has 0 bridgehead atoms. The van der Waals surface area contributed by atoms with Crippen LogP contribution in [0, 0.1) is 0 Å². The van der Waals surface area contributed by atoms with Crippen molar-refractivity contribution in [2.75, 3.05) is 11.9 Å². The van der Waals surface area contributed by atoms with Gasteiger partial charge in [0.1, 0.15) is 0 Å². The first-order chi connectivity index (χ1) is 14.3. The minimum absolute atomic E-state index is 0.0144. The molecule has 0 amide bonds. The molecule has 0 radical (unpaired) electrons. The van der Waals surface area contributed by atoms with Crippen LogP contribution in [0.25, 0.3) is 0 Å². The van der Waals surface area contributed by atoms with E-state index in [0.717, 1.165) is 11.4 Å². The summed E-state index contributed by atoms with van der Waals surface area (Å²) in [6.07, 6.45) is 14.7. The van der Waals surface area contributed by atoms with Gasteiger partial charge in [0, 0.05) is 29.3 Å². The summed E-state index contributed by atoms with van der Waals surface area (Å²) in [6, 6.07) is 17.0. The predicted molar refractivity (Wildman–Crippen MR) is 130 cm³/mol. The lowest BCUT2D eigenvalue weighted by molar-refractivity contribution is 0.640. The second-order valence-electron chi connectivity index (χ2n) is 9.02. The molecule has 0 unspecified atom stereocenters. The Labute approximate surface area is 180 Å². The quantitative estimate of drug-likeness (QED) is 0.508. The van der Waals surface area contributed by atoms with Gasteiger partial charge in [-0.15, -0.1) is 0 Å². The van der Waals surface area contributed by atoms with E-state index in [-0.39, 0.29) is 10.8 Å². The first-order valence-corrected chi connectivity index (χ1v) is 10.6. The highest BCUT2D eigenvalue weighted by Gasteiger charge is 2.37. The van der Waals surface area contributed by atoms with Crippen molar-refractivity contribution >= 4 is 17.1 Å². The number of fused-ring (bicyclic) bond motifs is 2. The first-order valence-electron chi connectivity index (χ1n) is 10.6. The van der Waals surface area contributed by atoms with Gasteiger partial charge in [0.25, 0.3) is 0 Å². The molecule has 2 aromatic carbocycles. The van der Waals surface area contributed by atoms with Crippen molar-refractivity contribution in [2.24, 2.45) is 4.99 Å². The van der Waals surface area contributed by atoms with E-state index in [0.29, 0.717) is 0 Å². The second kappa shape index (κ2) is 7.60. The maximum absolute atomic E-state index is 4.80. The maximum Gasteiger partial charge on any atom is 0.0674 e. The van der Waals surface area contributed by atoms with Crippen LogP contribution in [0.1, 0.15) is 38.8 Å². The van der Waals surface area contributed by atoms with Gasteiger partial charge in [0.05, 0.1) is 11.4 Å². The molecule has 2 heteroatoms. The van der Waals surface area contributed by atoms with E-state index >= 15 is 0 Å². The second-order valence-corrected chi connectivity index (χ2v) is 9.02. The zero-order valence-corrected chi connectivity index (χ0v) is 18.6. The van der Waals surface area contributed by atoms with Crippen molar-refractivity contribution in [1.82, 2.24) is 0 Å². The third kappa shape index (κ3) is 3.37. The first kappa shape index (κ1) is 20.2. The van der Waals surface area contributed by atoms with Crippen LogP contribution >= 0.6 is 0 Å². The summed E-state index contributed by atoms with van der Waals surface area (Å²) in [4.78, 5) is 7.09. The van der Waals surface area contributed by atoms with Gasteiger partial charge < -0.3 is 4.90 Å². The molecule has 2 aromatic rings. The highest BCUT2D eigenvalue weighted by Crippen LogP contribution is 2.46. The minimum Gasteiger partial charge on any atom is -0.347 e. The van der Waals surface area contributed by atoms with Crippen molar-refractivity contribution in [2.45, 2.75) is 38.5 Å². The third-order valence-corrected chi connectivity index (χ3v) is 6.35. The monoisotopic (exact) mass is 394 g/mol. The van der Waals surface area contributed by atoms with Gasteiger partial charge in [-0.3, -0.25) is 4.99 Å². The predicted octanol–water partition coefficient (Wildman–Crippen LogP) is 7.03. The van der Waals surface area contributed by atoms with E-state index in [2.05, 4.69) is 125 Å². The van der Waals surface area contributed by atoms with Crippen molar-refractivity contribution < 1.29 is 0 Å². The number of benzene rings is 2. The number of nitrogens with zero attached hydrogens (tertiary/aromatic N) is 2. The number of hydrogen-bond acceptors (Lipinski definition) is 2. The van der Waals surface area contributed by atoms with E-state index in [1.807, 2.05) is 6.07 Å². The Morgan fingerprint density at radius 3 is 2.10 bits per heavy atom. The Kier molecular flexibility index (Phi) is 5.11. The number of rotatable bonds is 4. The molecule has 0 fully saturated rings. The van der Waals surface area contributed by atoms with Crippen LogP contribution < -0.4 is 4.90 Å². The molecule has 0 aliphatic carbocycles. The van der Waals surface area contributed by atoms with Gasteiger partial charge >= 0.3 is 0 Å². The number of hydrogen-bond donors (Lipinski definition) is 0. The fourth-order valence-corrected chi connectivity index (χ4v) is 4.54. The lowest BCUT2D eigenvalue weighted by atomic mass is 9.81. The third-order valence-electron chi connectivity index (χ3n) is 6.35. The molecule has 2 aliphatic rings. The van der Waals surface area contributed by atoms with Gasteiger partial charge in [-0.1, -0.05) is 94.5 Å². The molecule has 4 rings (SSSR count). The van der Waals surface area contributed by atoms with Crippen LogP contribution in [0.4, 0.5) is 11.4 Å². The fraction of sp³-hybridized carbons (Fsp3) is 0.250. The lowest BCUT2D eigenvalue weighted by Gasteiger charge is -2.23. The summed E-state index contributed by atoms with van der Waals surface area (Å²) in [5.74, 6) is 0. The Hall–Kier alpha value is -3.13. The molecule has 0 saturated heterocycles. The molecule has 0 aromatic heterocycles. The normalized spacial score (nSPS) is 20.5. The van der Waals surface area contributed by atoms with E-state index in [1.54, 1.807) is 0 Å². The van der Waals surface area contributed by atoms with Gasteiger partial charge in [0.15, 0.2) is 0 Å². The minimum atomic E-state index is -0.0468. The Bertz CT molecular complexity index is 1110. The van der Waals surface area contributed by atoms with E-state index in [4.69, 9.17) is 4.99 Å². The number of allylic oxidation sites excluding steroid dienone is 8. The molecule has 0 saturated carbocycles. The molecule has 0 spiro atoms. The maximum atomic E-state index is 4.80. The lowest BCUT2D eigenvalue weighted by Crippen LogP contribution is -2.23. The van der Waals surface area contributed by atoms with Crippen LogP contribution in [0.5, 0.6) is 0 Å². The molecule has 0 atom stereocenters. The smallest absolute Gasteiger partial charge is 0.0674 e. The van der Waals surface area contributed by atoms with Crippen LogP contribution in [0.2, 0.25) is 0 Å². The zero-order chi connectivity index (χ0) is 21.4. The highest BCUT2D eigenvalue weighted by atomic mass is 15.2. The highest BCUT2D eigenvalue weighted by molar-refractivity contribution is 6.08. The molecule has 2 heterocycles. The summed E-state index contributed by atoms with van der Waals surface area (Å²) in [7, 11) is 2.15. The van der Waals surface area contributed by atoms with Crippen molar-refractivity contribution in [1.29, 1.82) is 0 Å². The van der Waals surface area contributed by atoms with Crippen LogP contribution in [-0.4, -0.2) is 12.8 Å². The van der Waals surface area contributed by atoms with Gasteiger partial charge in [-0.25, -0.2) is 0 Å². The van der Waals surface area contributed by atoms with Crippen LogP contribution in [-0.2, 0) is 10.8 Å². The largest absolute Gasteiger partial charge is 0.347 e. The summed E-state index contributed by atoms with van der Waals surface area (Å²) in [5, 5.41) is 0. The van der Waals surface area contributed by atoms with E-state index in [1.165, 1.54) is 22.5 Å². The molecule has 2 aliphatic heterocycles. The molecular weight excluding hydrogens is 364 g/mol. The molecule has 30 heavy (non-hydrogen) atoms. The van der Waals surface area contributed by atoms with Crippen molar-refractivity contribution in [3.05, 3.63) is 108 Å². The van der Waals surface area contributed by atoms with Crippen LogP contribution in [0.15, 0.2) is 102 Å². The summed E-state index contributed by atoms with van der Waals surface area (Å²) < 4.78 is 0. The standard InChI is InChI=1S/C28H30N2/c1-27(2)21-15-11-13-17-23(21)29-25(27)19-9-7-6-8-10-20-26-28(3,4)22-16-12-14-18-24(22)30(26)5/h6-20H,1-5H3/b7-6+,10-8+,19-9+,26-20-. The molecule has 0 N–H and O–H groups in total. The fourth-order valence-electron chi connectivity index (χ4n) is 4.54.